The van der Waals surface area contributed by atoms with E-state index >= 15 is 0 Å². The predicted octanol–water partition coefficient (Wildman–Crippen LogP) is 1.37. The van der Waals surface area contributed by atoms with Gasteiger partial charge in [-0.1, -0.05) is 18.2 Å². The Morgan fingerprint density at radius 1 is 0.960 bits per heavy atom. The highest BCUT2D eigenvalue weighted by Crippen LogP contribution is 2.21. The minimum Gasteiger partial charge on any atom is -0.339 e. The van der Waals surface area contributed by atoms with Crippen molar-refractivity contribution in [1.29, 1.82) is 0 Å². The molecule has 1 atom stereocenters. The summed E-state index contributed by atoms with van der Waals surface area (Å²) < 4.78 is 0. The van der Waals surface area contributed by atoms with Gasteiger partial charge in [0, 0.05) is 45.3 Å². The van der Waals surface area contributed by atoms with E-state index in [1.807, 2.05) is 30.3 Å². The van der Waals surface area contributed by atoms with Gasteiger partial charge in [0.2, 0.25) is 11.8 Å². The first kappa shape index (κ1) is 17.3. The van der Waals surface area contributed by atoms with Crippen LogP contribution in [0.15, 0.2) is 30.3 Å². The minimum atomic E-state index is -0.410. The molecule has 0 spiro atoms. The summed E-state index contributed by atoms with van der Waals surface area (Å²) in [6, 6.07) is 8.61. The summed E-state index contributed by atoms with van der Waals surface area (Å²) in [6.07, 6.45) is 1.51. The maximum atomic E-state index is 12.8. The molecular formula is C18H24N4O3. The Balaban J connectivity index is 1.60. The number of nitrogens with one attached hydrogen (secondary N) is 1. The fourth-order valence-electron chi connectivity index (χ4n) is 3.44. The third-order valence-electron chi connectivity index (χ3n) is 4.86. The Kier molecular flexibility index (Phi) is 5.21. The number of hydrogen-bond acceptors (Lipinski definition) is 3. The normalized spacial score (nSPS) is 20.5. The molecule has 134 valence electrons. The number of carbonyl (C=O) groups is 3. The second kappa shape index (κ2) is 7.55. The van der Waals surface area contributed by atoms with E-state index in [1.54, 1.807) is 21.6 Å². The van der Waals surface area contributed by atoms with Gasteiger partial charge in [-0.3, -0.25) is 9.59 Å². The lowest BCUT2D eigenvalue weighted by molar-refractivity contribution is -0.141. The van der Waals surface area contributed by atoms with Gasteiger partial charge in [-0.25, -0.2) is 4.79 Å². The standard InChI is InChI=1S/C18H24N4O3/c1-14(23)20-10-12-21(13-11-20)17(24)16-8-5-9-22(16)18(25)19-15-6-3-2-4-7-15/h2-4,6-7,16H,5,8-13H2,1H3,(H,19,25)/t16-/m0/s1. The Labute approximate surface area is 147 Å². The van der Waals surface area contributed by atoms with Crippen molar-refractivity contribution in [2.45, 2.75) is 25.8 Å². The van der Waals surface area contributed by atoms with Crippen LogP contribution in [0.3, 0.4) is 0 Å². The molecule has 7 nitrogen and oxygen atoms in total. The number of para-hydroxylation sites is 1. The van der Waals surface area contributed by atoms with Crippen LogP contribution in [0.5, 0.6) is 0 Å². The van der Waals surface area contributed by atoms with Gasteiger partial charge in [-0.2, -0.15) is 0 Å². The molecule has 4 amide bonds. The van der Waals surface area contributed by atoms with E-state index in [1.165, 1.54) is 0 Å². The molecule has 2 aliphatic heterocycles. The van der Waals surface area contributed by atoms with E-state index < -0.39 is 6.04 Å². The first-order chi connectivity index (χ1) is 12.1. The summed E-state index contributed by atoms with van der Waals surface area (Å²) in [7, 11) is 0. The Hall–Kier alpha value is -2.57. The van der Waals surface area contributed by atoms with E-state index in [2.05, 4.69) is 5.32 Å². The summed E-state index contributed by atoms with van der Waals surface area (Å²) in [5.41, 5.74) is 0.723. The average Bonchev–Trinajstić information content (AvgIpc) is 3.12. The van der Waals surface area contributed by atoms with Crippen molar-refractivity contribution in [1.82, 2.24) is 14.7 Å². The molecule has 1 aromatic rings. The number of urea groups is 1. The van der Waals surface area contributed by atoms with Crippen molar-refractivity contribution in [3.63, 3.8) is 0 Å². The number of amides is 4. The van der Waals surface area contributed by atoms with Crippen molar-refractivity contribution in [3.8, 4) is 0 Å². The predicted molar refractivity (Wildman–Crippen MR) is 94.0 cm³/mol. The van der Waals surface area contributed by atoms with Crippen molar-refractivity contribution < 1.29 is 14.4 Å². The van der Waals surface area contributed by atoms with Gasteiger partial charge < -0.3 is 20.0 Å². The molecule has 7 heteroatoms. The largest absolute Gasteiger partial charge is 0.339 e. The maximum Gasteiger partial charge on any atom is 0.322 e. The van der Waals surface area contributed by atoms with Crippen LogP contribution >= 0.6 is 0 Å². The molecule has 0 radical (unpaired) electrons. The quantitative estimate of drug-likeness (QED) is 0.881. The van der Waals surface area contributed by atoms with Gasteiger partial charge in [0.1, 0.15) is 6.04 Å². The number of rotatable bonds is 2. The molecule has 0 saturated carbocycles. The minimum absolute atomic E-state index is 0.0103. The number of piperazine rings is 1. The molecule has 0 aromatic heterocycles. The molecule has 25 heavy (non-hydrogen) atoms. The number of carbonyl (C=O) groups excluding carboxylic acids is 3. The molecule has 2 heterocycles. The van der Waals surface area contributed by atoms with Crippen molar-refractivity contribution in [2.24, 2.45) is 0 Å². The summed E-state index contributed by atoms with van der Waals surface area (Å²) in [4.78, 5) is 42.0. The van der Waals surface area contributed by atoms with Crippen LogP contribution in [0.25, 0.3) is 0 Å². The van der Waals surface area contributed by atoms with Crippen LogP contribution in [-0.4, -0.2) is 71.3 Å². The molecule has 0 aliphatic carbocycles. The van der Waals surface area contributed by atoms with Gasteiger partial charge in [-0.15, -0.1) is 0 Å². The van der Waals surface area contributed by atoms with Crippen LogP contribution in [-0.2, 0) is 9.59 Å². The number of benzene rings is 1. The third kappa shape index (κ3) is 3.92. The number of nitrogens with zero attached hydrogens (tertiary/aromatic N) is 3. The van der Waals surface area contributed by atoms with E-state index in [4.69, 9.17) is 0 Å². The van der Waals surface area contributed by atoms with E-state index in [-0.39, 0.29) is 17.8 Å². The maximum absolute atomic E-state index is 12.8. The van der Waals surface area contributed by atoms with Crippen LogP contribution in [0.4, 0.5) is 10.5 Å². The number of anilines is 1. The molecule has 2 saturated heterocycles. The molecular weight excluding hydrogens is 320 g/mol. The topological polar surface area (TPSA) is 73.0 Å². The van der Waals surface area contributed by atoms with Crippen LogP contribution in [0.1, 0.15) is 19.8 Å². The van der Waals surface area contributed by atoms with Crippen LogP contribution in [0, 0.1) is 0 Å². The Morgan fingerprint density at radius 3 is 2.24 bits per heavy atom. The van der Waals surface area contributed by atoms with Crippen molar-refractivity contribution >= 4 is 23.5 Å². The summed E-state index contributed by atoms with van der Waals surface area (Å²) in [5.74, 6) is 0.0285. The fraction of sp³-hybridized carbons (Fsp3) is 0.500. The van der Waals surface area contributed by atoms with Gasteiger partial charge in [0.25, 0.3) is 0 Å². The van der Waals surface area contributed by atoms with E-state index in [0.29, 0.717) is 39.1 Å². The first-order valence-corrected chi connectivity index (χ1v) is 8.73. The fourth-order valence-corrected chi connectivity index (χ4v) is 3.44. The Morgan fingerprint density at radius 2 is 1.60 bits per heavy atom. The molecule has 1 N–H and O–H groups in total. The van der Waals surface area contributed by atoms with E-state index in [9.17, 15) is 14.4 Å². The molecule has 0 unspecified atom stereocenters. The second-order valence-electron chi connectivity index (χ2n) is 6.48. The second-order valence-corrected chi connectivity index (χ2v) is 6.48. The first-order valence-electron chi connectivity index (χ1n) is 8.73. The van der Waals surface area contributed by atoms with Gasteiger partial charge in [0.05, 0.1) is 0 Å². The summed E-state index contributed by atoms with van der Waals surface area (Å²) >= 11 is 0. The molecule has 2 aliphatic rings. The molecule has 3 rings (SSSR count). The van der Waals surface area contributed by atoms with Crippen molar-refractivity contribution in [2.75, 3.05) is 38.0 Å². The summed E-state index contributed by atoms with van der Waals surface area (Å²) in [5, 5.41) is 2.86. The van der Waals surface area contributed by atoms with Gasteiger partial charge in [0.15, 0.2) is 0 Å². The number of hydrogen-bond donors (Lipinski definition) is 1. The molecule has 1 aromatic carbocycles. The van der Waals surface area contributed by atoms with Gasteiger partial charge in [-0.05, 0) is 25.0 Å². The van der Waals surface area contributed by atoms with Gasteiger partial charge >= 0.3 is 6.03 Å². The lowest BCUT2D eigenvalue weighted by atomic mass is 10.1. The highest BCUT2D eigenvalue weighted by molar-refractivity contribution is 5.94. The SMILES string of the molecule is CC(=O)N1CCN(C(=O)[C@@H]2CCCN2C(=O)Nc2ccccc2)CC1. The zero-order valence-electron chi connectivity index (χ0n) is 14.5. The average molecular weight is 344 g/mol. The third-order valence-corrected chi connectivity index (χ3v) is 4.86. The zero-order chi connectivity index (χ0) is 17.8. The molecule has 0 bridgehead atoms. The lowest BCUT2D eigenvalue weighted by Gasteiger charge is -2.37. The zero-order valence-corrected chi connectivity index (χ0v) is 14.5. The lowest BCUT2D eigenvalue weighted by Crippen LogP contribution is -2.55. The van der Waals surface area contributed by atoms with Crippen LogP contribution < -0.4 is 5.32 Å². The summed E-state index contributed by atoms with van der Waals surface area (Å²) in [6.45, 7) is 4.31. The Bertz CT molecular complexity index is 641. The highest BCUT2D eigenvalue weighted by Gasteiger charge is 2.37. The smallest absolute Gasteiger partial charge is 0.322 e. The van der Waals surface area contributed by atoms with Crippen LogP contribution in [0.2, 0.25) is 0 Å². The molecule has 2 fully saturated rings. The van der Waals surface area contributed by atoms with Crippen molar-refractivity contribution in [3.05, 3.63) is 30.3 Å². The monoisotopic (exact) mass is 344 g/mol. The van der Waals surface area contributed by atoms with E-state index in [0.717, 1.165) is 12.1 Å². The number of likely N-dealkylation sites (tertiary alicyclic amines) is 1. The highest BCUT2D eigenvalue weighted by atomic mass is 16.2.